The van der Waals surface area contributed by atoms with Crippen molar-refractivity contribution in [2.75, 3.05) is 4.72 Å². The number of nitrogens with zero attached hydrogens (tertiary/aromatic N) is 1. The molecule has 0 aliphatic heterocycles. The molecule has 1 aliphatic rings. The number of sulfonamides is 1. The number of nitrogens with one attached hydrogen (secondary N) is 3. The smallest absolute Gasteiger partial charge is 0.315 e. The third kappa shape index (κ3) is 3.10. The molecule has 0 bridgehead atoms. The molecule has 1 aromatic carbocycles. The average Bonchev–Trinajstić information content (AvgIpc) is 2.56. The van der Waals surface area contributed by atoms with E-state index in [2.05, 4.69) is 25.4 Å². The molecule has 27 heavy (non-hydrogen) atoms. The largest absolute Gasteiger partial charge is 0.315 e. The molecule has 3 aromatic rings. The lowest BCUT2D eigenvalue weighted by molar-refractivity contribution is 0.597. The number of hydrogen-bond acceptors (Lipinski definition) is 5. The van der Waals surface area contributed by atoms with Crippen LogP contribution in [0.5, 0.6) is 0 Å². The van der Waals surface area contributed by atoms with Gasteiger partial charge in [-0.25, -0.2) is 4.98 Å². The van der Waals surface area contributed by atoms with Gasteiger partial charge in [0.25, 0.3) is 10.0 Å². The van der Waals surface area contributed by atoms with Crippen molar-refractivity contribution in [3.8, 4) is 0 Å². The summed E-state index contributed by atoms with van der Waals surface area (Å²) in [6, 6.07) is 8.41. The van der Waals surface area contributed by atoms with Gasteiger partial charge in [-0.1, -0.05) is 12.1 Å². The molecule has 142 valence electrons. The summed E-state index contributed by atoms with van der Waals surface area (Å²) in [5.74, 6) is 0. The highest BCUT2D eigenvalue weighted by Gasteiger charge is 2.20. The van der Waals surface area contributed by atoms with Crippen molar-refractivity contribution in [2.24, 2.45) is 0 Å². The Morgan fingerprint density at radius 2 is 1.81 bits per heavy atom. The number of aromatic amines is 2. The number of H-pyrrole nitrogens is 2. The van der Waals surface area contributed by atoms with Crippen molar-refractivity contribution >= 4 is 32.4 Å². The molecule has 0 saturated carbocycles. The van der Waals surface area contributed by atoms with Crippen LogP contribution in [0, 0.1) is 6.92 Å². The summed E-state index contributed by atoms with van der Waals surface area (Å²) < 4.78 is 28.0. The van der Waals surface area contributed by atoms with Gasteiger partial charge in [-0.3, -0.25) is 14.3 Å². The normalized spacial score (nSPS) is 13.3. The Hall–Kier alpha value is -3.42. The van der Waals surface area contributed by atoms with Gasteiger partial charge in [-0.15, -0.1) is 5.73 Å². The lowest BCUT2D eigenvalue weighted by Crippen LogP contribution is -2.29. The maximum absolute atomic E-state index is 12.7. The number of pyridine rings is 1. The summed E-state index contributed by atoms with van der Waals surface area (Å²) in [7, 11) is -3.99. The second kappa shape index (κ2) is 6.08. The van der Waals surface area contributed by atoms with E-state index >= 15 is 0 Å². The van der Waals surface area contributed by atoms with Crippen LogP contribution in [0.25, 0.3) is 16.7 Å². The predicted octanol–water partition coefficient (Wildman–Crippen LogP) is 2.40. The monoisotopic (exact) mass is 388 g/mol. The molecule has 0 radical (unpaired) electrons. The van der Waals surface area contributed by atoms with Gasteiger partial charge in [-0.05, 0) is 42.3 Å². The van der Waals surface area contributed by atoms with Gasteiger partial charge in [0.1, 0.15) is 0 Å². The van der Waals surface area contributed by atoms with Gasteiger partial charge < -0.3 is 9.97 Å². The Balaban J connectivity index is 0.00000150. The van der Waals surface area contributed by atoms with Crippen molar-refractivity contribution in [3.05, 3.63) is 74.0 Å². The van der Waals surface area contributed by atoms with Crippen LogP contribution in [-0.2, 0) is 10.0 Å². The van der Waals surface area contributed by atoms with Crippen LogP contribution in [0.15, 0.2) is 56.8 Å². The zero-order valence-electron chi connectivity index (χ0n) is 14.2. The minimum absolute atomic E-state index is 0. The van der Waals surface area contributed by atoms with Crippen LogP contribution >= 0.6 is 0 Å². The first-order valence-electron chi connectivity index (χ1n) is 8.05. The Morgan fingerprint density at radius 3 is 2.44 bits per heavy atom. The number of aromatic nitrogens is 3. The minimum Gasteiger partial charge on any atom is -0.315 e. The highest BCUT2D eigenvalue weighted by Crippen LogP contribution is 2.25. The van der Waals surface area contributed by atoms with Crippen LogP contribution in [0.4, 0.5) is 5.69 Å². The minimum atomic E-state index is -3.99. The first-order valence-corrected chi connectivity index (χ1v) is 9.53. The fraction of sp³-hybridized carbons (Fsp3) is 0.111. The highest BCUT2D eigenvalue weighted by atomic mass is 32.2. The molecule has 3 N–H and O–H groups in total. The molecule has 2 heterocycles. The molecule has 0 spiro atoms. The molecule has 8 nitrogen and oxygen atoms in total. The van der Waals surface area contributed by atoms with E-state index in [1.54, 1.807) is 19.1 Å². The Labute approximate surface area is 157 Å². The molecule has 0 saturated heterocycles. The maximum Gasteiger partial charge on any atom is 0.315 e. The van der Waals surface area contributed by atoms with E-state index in [9.17, 15) is 18.0 Å². The molecule has 0 unspecified atom stereocenters. The van der Waals surface area contributed by atoms with E-state index in [1.165, 1.54) is 6.07 Å². The zero-order valence-corrected chi connectivity index (χ0v) is 15.0. The third-order valence-corrected chi connectivity index (χ3v) is 5.60. The van der Waals surface area contributed by atoms with Gasteiger partial charge in [0.05, 0.1) is 5.52 Å². The standard InChI is InChI=1S/C18H14N4O4S.3H2/c1-10-9-14-15(20-17(24)16(23)19-14)21-18(10)27(25,26)22-13-7-5-12(6-8-13)11-3-2-4-11;;;/h2,5-9,22H,3H2,1H3,(H,19,23)(H,20,21,24);3*1H. The number of benzene rings is 1. The fourth-order valence-electron chi connectivity index (χ4n) is 2.75. The van der Waals surface area contributed by atoms with Crippen LogP contribution in [-0.4, -0.2) is 23.4 Å². The molecule has 9 heteroatoms. The van der Waals surface area contributed by atoms with E-state index < -0.39 is 21.1 Å². The Morgan fingerprint density at radius 1 is 1.15 bits per heavy atom. The lowest BCUT2D eigenvalue weighted by atomic mass is 9.98. The van der Waals surface area contributed by atoms with E-state index in [0.29, 0.717) is 11.3 Å². The number of hydrogen-bond donors (Lipinski definition) is 3. The molecule has 2 aromatic heterocycles. The fourth-order valence-corrected chi connectivity index (χ4v) is 3.99. The van der Waals surface area contributed by atoms with E-state index in [0.717, 1.165) is 17.6 Å². The van der Waals surface area contributed by atoms with E-state index in [-0.39, 0.29) is 20.5 Å². The summed E-state index contributed by atoms with van der Waals surface area (Å²) in [4.78, 5) is 31.5. The van der Waals surface area contributed by atoms with Gasteiger partial charge >= 0.3 is 11.1 Å². The number of rotatable bonds is 4. The van der Waals surface area contributed by atoms with E-state index in [1.807, 2.05) is 18.2 Å². The van der Waals surface area contributed by atoms with Gasteiger partial charge in [0.2, 0.25) is 0 Å². The second-order valence-corrected chi connectivity index (χ2v) is 7.73. The molecular weight excluding hydrogens is 368 g/mol. The summed E-state index contributed by atoms with van der Waals surface area (Å²) in [6.45, 7) is 1.56. The van der Waals surface area contributed by atoms with Gasteiger partial charge in [-0.2, -0.15) is 8.42 Å². The van der Waals surface area contributed by atoms with Crippen molar-refractivity contribution in [1.29, 1.82) is 0 Å². The first-order chi connectivity index (χ1) is 12.8. The zero-order chi connectivity index (χ0) is 19.2. The average molecular weight is 388 g/mol. The van der Waals surface area contributed by atoms with Crippen molar-refractivity contribution < 1.29 is 12.7 Å². The molecule has 0 fully saturated rings. The molecule has 1 aliphatic carbocycles. The SMILES string of the molecule is Cc1cc2[nH]c(=O)c(=O)[nH]c2nc1S(=O)(=O)Nc1ccc(C2=C=CC2)cc1.[HH].[HH].[HH]. The second-order valence-electron chi connectivity index (χ2n) is 6.13. The third-order valence-electron chi connectivity index (χ3n) is 4.18. The molecular formula is C18H20N4O4S. The quantitative estimate of drug-likeness (QED) is 0.467. The topological polar surface area (TPSA) is 125 Å². The number of allylic oxidation sites excluding steroid dienone is 1. The highest BCUT2D eigenvalue weighted by molar-refractivity contribution is 7.92. The summed E-state index contributed by atoms with van der Waals surface area (Å²) in [5.41, 5.74) is 4.38. The van der Waals surface area contributed by atoms with Crippen LogP contribution in [0.2, 0.25) is 0 Å². The van der Waals surface area contributed by atoms with Crippen molar-refractivity contribution in [3.63, 3.8) is 0 Å². The van der Waals surface area contributed by atoms with Crippen LogP contribution in [0.3, 0.4) is 0 Å². The Kier molecular flexibility index (Phi) is 3.83. The van der Waals surface area contributed by atoms with Crippen molar-refractivity contribution in [1.82, 2.24) is 15.0 Å². The maximum atomic E-state index is 12.7. The van der Waals surface area contributed by atoms with Crippen LogP contribution in [0.1, 0.15) is 21.8 Å². The van der Waals surface area contributed by atoms with E-state index in [4.69, 9.17) is 0 Å². The summed E-state index contributed by atoms with van der Waals surface area (Å²) >= 11 is 0. The molecule has 0 atom stereocenters. The number of fused-ring (bicyclic) bond motifs is 1. The van der Waals surface area contributed by atoms with Crippen LogP contribution < -0.4 is 15.8 Å². The van der Waals surface area contributed by atoms with Crippen molar-refractivity contribution in [2.45, 2.75) is 18.4 Å². The number of anilines is 1. The Bertz CT molecular complexity index is 1370. The predicted molar refractivity (Wildman–Crippen MR) is 107 cm³/mol. The lowest BCUT2D eigenvalue weighted by Gasteiger charge is -2.12. The molecule has 0 amide bonds. The summed E-state index contributed by atoms with van der Waals surface area (Å²) in [6.07, 6.45) is 2.78. The summed E-state index contributed by atoms with van der Waals surface area (Å²) in [5, 5.41) is -0.230. The first kappa shape index (κ1) is 17.0. The number of aryl methyl sites for hydroxylation is 1. The molecule has 4 rings (SSSR count). The van der Waals surface area contributed by atoms with Gasteiger partial charge in [0.15, 0.2) is 10.7 Å². The van der Waals surface area contributed by atoms with Gasteiger partial charge in [0, 0.05) is 22.0 Å².